The van der Waals surface area contributed by atoms with Crippen molar-refractivity contribution in [3.63, 3.8) is 0 Å². The number of anilines is 1. The lowest BCUT2D eigenvalue weighted by atomic mass is 10.00. The van der Waals surface area contributed by atoms with Crippen molar-refractivity contribution < 1.29 is 27.6 Å². The smallest absolute Gasteiger partial charge is 0.376 e. The molecule has 7 nitrogen and oxygen atoms in total. The number of nitrogens with zero attached hydrogens (tertiary/aromatic N) is 1. The minimum atomic E-state index is -4.50. The van der Waals surface area contributed by atoms with Crippen molar-refractivity contribution in [3.8, 4) is 0 Å². The number of carbonyl (C=O) groups is 3. The number of hydrogen-bond donors (Lipinski definition) is 3. The monoisotopic (exact) mass is 358 g/mol. The molecule has 1 unspecified atom stereocenters. The molecule has 0 aliphatic carbocycles. The molecule has 0 bridgehead atoms. The fraction of sp³-hybridized carbons (Fsp3) is 0.400. The summed E-state index contributed by atoms with van der Waals surface area (Å²) in [6, 6.07) is 3.57. The highest BCUT2D eigenvalue weighted by molar-refractivity contribution is 6.07. The minimum Gasteiger partial charge on any atom is -0.376 e. The first kappa shape index (κ1) is 18.6. The Labute approximate surface area is 141 Å². The Balaban J connectivity index is 1.96. The summed E-state index contributed by atoms with van der Waals surface area (Å²) in [6.45, 7) is 2.82. The molecule has 1 aliphatic rings. The van der Waals surface area contributed by atoms with Crippen LogP contribution in [0, 0.1) is 0 Å². The highest BCUT2D eigenvalue weighted by Gasteiger charge is 2.47. The molecule has 10 heteroatoms. The van der Waals surface area contributed by atoms with Gasteiger partial charge in [-0.15, -0.1) is 0 Å². The van der Waals surface area contributed by atoms with Crippen molar-refractivity contribution in [1.82, 2.24) is 15.8 Å². The number of hydrazine groups is 1. The van der Waals surface area contributed by atoms with Crippen LogP contribution >= 0.6 is 0 Å². The summed E-state index contributed by atoms with van der Waals surface area (Å²) in [5, 5.41) is 5.54. The first-order valence-electron chi connectivity index (χ1n) is 7.44. The third kappa shape index (κ3) is 4.01. The molecule has 0 saturated carbocycles. The van der Waals surface area contributed by atoms with Crippen LogP contribution in [0.15, 0.2) is 24.3 Å². The van der Waals surface area contributed by atoms with E-state index < -0.39 is 41.7 Å². The normalized spacial score (nSPS) is 20.4. The van der Waals surface area contributed by atoms with Gasteiger partial charge < -0.3 is 10.6 Å². The molecular weight excluding hydrogens is 341 g/mol. The fourth-order valence-electron chi connectivity index (χ4n) is 2.18. The average Bonchev–Trinajstić information content (AvgIpc) is 2.76. The molecule has 0 radical (unpaired) electrons. The highest BCUT2D eigenvalue weighted by atomic mass is 19.4. The van der Waals surface area contributed by atoms with E-state index in [2.05, 4.69) is 16.1 Å². The van der Waals surface area contributed by atoms with Crippen LogP contribution in [0.3, 0.4) is 0 Å². The molecule has 1 heterocycles. The first-order chi connectivity index (χ1) is 11.6. The molecule has 136 valence electrons. The zero-order chi connectivity index (χ0) is 18.8. The standard InChI is InChI=1S/C15H17F3N4O3/c1-3-14(2)12(24)22(13(25)20-14)21-11(23)8-19-10-6-4-5-9(7-10)15(16,17)18/h4-7,19H,3,8H2,1-2H3,(H,20,25)(H,21,23). The van der Waals surface area contributed by atoms with Crippen molar-refractivity contribution in [3.05, 3.63) is 29.8 Å². The Hall–Kier alpha value is -2.78. The zero-order valence-electron chi connectivity index (χ0n) is 13.5. The molecule has 1 aromatic carbocycles. The Morgan fingerprint density at radius 2 is 2.00 bits per heavy atom. The zero-order valence-corrected chi connectivity index (χ0v) is 13.5. The Morgan fingerprint density at radius 3 is 2.56 bits per heavy atom. The van der Waals surface area contributed by atoms with Gasteiger partial charge in [0, 0.05) is 5.69 Å². The number of alkyl halides is 3. The van der Waals surface area contributed by atoms with E-state index in [-0.39, 0.29) is 5.69 Å². The second-order valence-electron chi connectivity index (χ2n) is 5.72. The van der Waals surface area contributed by atoms with Gasteiger partial charge in [-0.2, -0.15) is 18.2 Å². The van der Waals surface area contributed by atoms with Crippen molar-refractivity contribution in [2.24, 2.45) is 0 Å². The average molecular weight is 358 g/mol. The second kappa shape index (κ2) is 6.61. The van der Waals surface area contributed by atoms with Gasteiger partial charge in [0.2, 0.25) is 0 Å². The lowest BCUT2D eigenvalue weighted by molar-refractivity contribution is -0.138. The van der Waals surface area contributed by atoms with Gasteiger partial charge in [-0.1, -0.05) is 13.0 Å². The third-order valence-electron chi connectivity index (χ3n) is 3.85. The van der Waals surface area contributed by atoms with Crippen molar-refractivity contribution in [2.45, 2.75) is 32.0 Å². The van der Waals surface area contributed by atoms with E-state index in [1.54, 1.807) is 6.92 Å². The van der Waals surface area contributed by atoms with Crippen LogP contribution in [0.1, 0.15) is 25.8 Å². The van der Waals surface area contributed by atoms with E-state index in [4.69, 9.17) is 0 Å². The number of benzene rings is 1. The van der Waals surface area contributed by atoms with E-state index >= 15 is 0 Å². The lowest BCUT2D eigenvalue weighted by Crippen LogP contribution is -2.50. The number of hydrogen-bond acceptors (Lipinski definition) is 4. The van der Waals surface area contributed by atoms with Crippen LogP contribution in [0.25, 0.3) is 0 Å². The van der Waals surface area contributed by atoms with Gasteiger partial charge in [0.1, 0.15) is 5.54 Å². The van der Waals surface area contributed by atoms with Gasteiger partial charge in [0.05, 0.1) is 12.1 Å². The molecule has 0 aromatic heterocycles. The number of nitrogens with one attached hydrogen (secondary N) is 3. The maximum Gasteiger partial charge on any atom is 0.416 e. The van der Waals surface area contributed by atoms with E-state index in [0.29, 0.717) is 11.4 Å². The van der Waals surface area contributed by atoms with Crippen LogP contribution in [-0.2, 0) is 15.8 Å². The van der Waals surface area contributed by atoms with Crippen LogP contribution in [-0.4, -0.2) is 34.9 Å². The number of amides is 4. The topological polar surface area (TPSA) is 90.5 Å². The van der Waals surface area contributed by atoms with Gasteiger partial charge in [-0.25, -0.2) is 4.79 Å². The van der Waals surface area contributed by atoms with Gasteiger partial charge in [-0.3, -0.25) is 15.0 Å². The summed E-state index contributed by atoms with van der Waals surface area (Å²) in [7, 11) is 0. The summed E-state index contributed by atoms with van der Waals surface area (Å²) in [5.41, 5.74) is 0.261. The molecule has 1 aromatic rings. The van der Waals surface area contributed by atoms with Crippen molar-refractivity contribution >= 4 is 23.5 Å². The van der Waals surface area contributed by atoms with E-state index in [9.17, 15) is 27.6 Å². The van der Waals surface area contributed by atoms with Crippen LogP contribution in [0.4, 0.5) is 23.7 Å². The number of rotatable bonds is 5. The number of imide groups is 1. The minimum absolute atomic E-state index is 0.0839. The molecule has 4 amide bonds. The predicted octanol–water partition coefficient (Wildman–Crippen LogP) is 1.87. The maximum absolute atomic E-state index is 12.6. The summed E-state index contributed by atoms with van der Waals surface area (Å²) >= 11 is 0. The molecule has 1 saturated heterocycles. The molecule has 3 N–H and O–H groups in total. The van der Waals surface area contributed by atoms with Gasteiger partial charge in [0.15, 0.2) is 0 Å². The summed E-state index contributed by atoms with van der Waals surface area (Å²) in [4.78, 5) is 35.7. The van der Waals surface area contributed by atoms with Crippen LogP contribution in [0.2, 0.25) is 0 Å². The van der Waals surface area contributed by atoms with E-state index in [0.717, 1.165) is 12.1 Å². The predicted molar refractivity (Wildman–Crippen MR) is 82.2 cm³/mol. The molecule has 0 spiro atoms. The van der Waals surface area contributed by atoms with Crippen LogP contribution < -0.4 is 16.1 Å². The van der Waals surface area contributed by atoms with E-state index in [1.165, 1.54) is 19.1 Å². The molecule has 1 atom stereocenters. The number of halogens is 3. The van der Waals surface area contributed by atoms with Gasteiger partial charge >= 0.3 is 12.2 Å². The second-order valence-corrected chi connectivity index (χ2v) is 5.72. The molecule has 2 rings (SSSR count). The summed E-state index contributed by atoms with van der Waals surface area (Å²) in [6.07, 6.45) is -4.16. The Morgan fingerprint density at radius 1 is 1.32 bits per heavy atom. The quantitative estimate of drug-likeness (QED) is 0.701. The maximum atomic E-state index is 12.6. The summed E-state index contributed by atoms with van der Waals surface area (Å²) < 4.78 is 37.9. The Kier molecular flexibility index (Phi) is 4.91. The van der Waals surface area contributed by atoms with Crippen LogP contribution in [0.5, 0.6) is 0 Å². The number of carbonyl (C=O) groups excluding carboxylic acids is 3. The van der Waals surface area contributed by atoms with Gasteiger partial charge in [-0.05, 0) is 31.5 Å². The first-order valence-corrected chi connectivity index (χ1v) is 7.44. The fourth-order valence-corrected chi connectivity index (χ4v) is 2.18. The van der Waals surface area contributed by atoms with Crippen molar-refractivity contribution in [1.29, 1.82) is 0 Å². The largest absolute Gasteiger partial charge is 0.416 e. The van der Waals surface area contributed by atoms with Crippen molar-refractivity contribution in [2.75, 3.05) is 11.9 Å². The lowest BCUT2D eigenvalue weighted by Gasteiger charge is -2.19. The SMILES string of the molecule is CCC1(C)NC(=O)N(NC(=O)CNc2cccc(C(F)(F)F)c2)C1=O. The molecule has 1 fully saturated rings. The highest BCUT2D eigenvalue weighted by Crippen LogP contribution is 2.30. The Bertz CT molecular complexity index is 708. The third-order valence-corrected chi connectivity index (χ3v) is 3.85. The number of urea groups is 1. The molecular formula is C15H17F3N4O3. The van der Waals surface area contributed by atoms with E-state index in [1.807, 2.05) is 0 Å². The molecule has 1 aliphatic heterocycles. The molecule has 25 heavy (non-hydrogen) atoms. The summed E-state index contributed by atoms with van der Waals surface area (Å²) in [5.74, 6) is -1.35. The van der Waals surface area contributed by atoms with Gasteiger partial charge in [0.25, 0.3) is 11.8 Å².